The molecule has 96 valence electrons. The van der Waals surface area contributed by atoms with Gasteiger partial charge in [0.2, 0.25) is 11.7 Å². The normalized spacial score (nSPS) is 10.8. The standard InChI is InChI=1S/C13H9ClN2OS2/c14-9-4-1-2-5-10(9)19-8-12-15-13(16-17-12)11-6-3-7-18-11/h1-7H,8H2. The molecule has 0 radical (unpaired) electrons. The number of aromatic nitrogens is 2. The van der Waals surface area contributed by atoms with E-state index in [9.17, 15) is 0 Å². The van der Waals surface area contributed by atoms with Gasteiger partial charge in [0.05, 0.1) is 15.7 Å². The van der Waals surface area contributed by atoms with Crippen LogP contribution in [0.3, 0.4) is 0 Å². The Morgan fingerprint density at radius 1 is 1.21 bits per heavy atom. The summed E-state index contributed by atoms with van der Waals surface area (Å²) in [7, 11) is 0. The third-order valence-electron chi connectivity index (χ3n) is 2.40. The van der Waals surface area contributed by atoms with E-state index < -0.39 is 0 Å². The summed E-state index contributed by atoms with van der Waals surface area (Å²) >= 11 is 9.27. The van der Waals surface area contributed by atoms with Gasteiger partial charge < -0.3 is 4.52 Å². The van der Waals surface area contributed by atoms with Crippen LogP contribution in [-0.4, -0.2) is 10.1 Å². The van der Waals surface area contributed by atoms with Gasteiger partial charge in [-0.2, -0.15) is 4.98 Å². The third-order valence-corrected chi connectivity index (χ3v) is 4.76. The Morgan fingerprint density at radius 3 is 2.89 bits per heavy atom. The van der Waals surface area contributed by atoms with E-state index >= 15 is 0 Å². The summed E-state index contributed by atoms with van der Waals surface area (Å²) in [6.07, 6.45) is 0. The van der Waals surface area contributed by atoms with E-state index in [1.807, 2.05) is 41.8 Å². The molecule has 0 saturated heterocycles. The lowest BCUT2D eigenvalue weighted by Crippen LogP contribution is -1.81. The first-order valence-corrected chi connectivity index (χ1v) is 7.81. The highest BCUT2D eigenvalue weighted by Gasteiger charge is 2.10. The molecule has 3 nitrogen and oxygen atoms in total. The molecule has 0 unspecified atom stereocenters. The van der Waals surface area contributed by atoms with E-state index in [0.29, 0.717) is 17.5 Å². The number of benzene rings is 1. The average Bonchev–Trinajstić information content (AvgIpc) is 3.09. The van der Waals surface area contributed by atoms with Crippen molar-refractivity contribution in [2.75, 3.05) is 0 Å². The van der Waals surface area contributed by atoms with Gasteiger partial charge in [0.1, 0.15) is 0 Å². The quantitative estimate of drug-likeness (QED) is 0.652. The zero-order valence-electron chi connectivity index (χ0n) is 9.75. The number of halogens is 1. The van der Waals surface area contributed by atoms with Crippen LogP contribution < -0.4 is 0 Å². The van der Waals surface area contributed by atoms with Crippen molar-refractivity contribution in [3.8, 4) is 10.7 Å². The number of hydrogen-bond acceptors (Lipinski definition) is 5. The van der Waals surface area contributed by atoms with Crippen molar-refractivity contribution >= 4 is 34.7 Å². The highest BCUT2D eigenvalue weighted by atomic mass is 35.5. The molecule has 2 aromatic heterocycles. The van der Waals surface area contributed by atoms with Gasteiger partial charge in [0, 0.05) is 4.90 Å². The van der Waals surface area contributed by atoms with Gasteiger partial charge in [0.25, 0.3) is 0 Å². The molecule has 0 bridgehead atoms. The Balaban J connectivity index is 1.70. The first kappa shape index (κ1) is 12.7. The number of thiophene rings is 1. The van der Waals surface area contributed by atoms with Crippen LogP contribution in [0.25, 0.3) is 10.7 Å². The number of thioether (sulfide) groups is 1. The van der Waals surface area contributed by atoms with Crippen LogP contribution in [0, 0.1) is 0 Å². The molecule has 0 atom stereocenters. The van der Waals surface area contributed by atoms with Crippen LogP contribution in [-0.2, 0) is 5.75 Å². The van der Waals surface area contributed by atoms with Crippen molar-refractivity contribution < 1.29 is 4.52 Å². The zero-order chi connectivity index (χ0) is 13.1. The van der Waals surface area contributed by atoms with Gasteiger partial charge >= 0.3 is 0 Å². The predicted molar refractivity (Wildman–Crippen MR) is 78.6 cm³/mol. The monoisotopic (exact) mass is 308 g/mol. The second-order valence-electron chi connectivity index (χ2n) is 3.71. The highest BCUT2D eigenvalue weighted by Crippen LogP contribution is 2.29. The maximum Gasteiger partial charge on any atom is 0.237 e. The molecule has 0 spiro atoms. The van der Waals surface area contributed by atoms with Crippen molar-refractivity contribution in [1.29, 1.82) is 0 Å². The van der Waals surface area contributed by atoms with E-state index in [4.69, 9.17) is 16.1 Å². The van der Waals surface area contributed by atoms with Crippen LogP contribution >= 0.6 is 34.7 Å². The Kier molecular flexibility index (Phi) is 3.87. The molecule has 0 aliphatic heterocycles. The van der Waals surface area contributed by atoms with Gasteiger partial charge in [-0.05, 0) is 23.6 Å². The van der Waals surface area contributed by atoms with Gasteiger partial charge in [-0.15, -0.1) is 23.1 Å². The van der Waals surface area contributed by atoms with E-state index in [2.05, 4.69) is 10.1 Å². The first-order chi connectivity index (χ1) is 9.33. The average molecular weight is 309 g/mol. The fraction of sp³-hybridized carbons (Fsp3) is 0.0769. The lowest BCUT2D eigenvalue weighted by molar-refractivity contribution is 0.392. The minimum absolute atomic E-state index is 0.605. The SMILES string of the molecule is Clc1ccccc1SCc1nc(-c2cccs2)no1. The summed E-state index contributed by atoms with van der Waals surface area (Å²) in [5.74, 6) is 1.86. The maximum absolute atomic E-state index is 6.09. The summed E-state index contributed by atoms with van der Waals surface area (Å²) in [6, 6.07) is 11.7. The van der Waals surface area contributed by atoms with Crippen LogP contribution in [0.5, 0.6) is 0 Å². The second kappa shape index (κ2) is 5.77. The Hall–Kier alpha value is -1.30. The molecule has 0 fully saturated rings. The molecule has 0 N–H and O–H groups in total. The summed E-state index contributed by atoms with van der Waals surface area (Å²) in [5, 5.41) is 6.70. The second-order valence-corrected chi connectivity index (χ2v) is 6.08. The fourth-order valence-electron chi connectivity index (χ4n) is 1.52. The molecule has 3 aromatic rings. The van der Waals surface area contributed by atoms with Gasteiger partial charge in [-0.25, -0.2) is 0 Å². The number of rotatable bonds is 4. The Bertz CT molecular complexity index is 667. The van der Waals surface area contributed by atoms with Crippen molar-refractivity contribution in [3.05, 3.63) is 52.7 Å². The molecule has 0 aliphatic rings. The largest absolute Gasteiger partial charge is 0.338 e. The first-order valence-electron chi connectivity index (χ1n) is 5.57. The van der Waals surface area contributed by atoms with E-state index in [1.165, 1.54) is 0 Å². The van der Waals surface area contributed by atoms with E-state index in [0.717, 1.165) is 14.8 Å². The molecule has 3 rings (SSSR count). The predicted octanol–water partition coefficient (Wildman–Crippen LogP) is 4.74. The van der Waals surface area contributed by atoms with Crippen molar-refractivity contribution in [2.45, 2.75) is 10.6 Å². The Labute approximate surface area is 123 Å². The summed E-state index contributed by atoms with van der Waals surface area (Å²) in [4.78, 5) is 6.39. The minimum Gasteiger partial charge on any atom is -0.338 e. The molecule has 2 heterocycles. The number of hydrogen-bond donors (Lipinski definition) is 0. The zero-order valence-corrected chi connectivity index (χ0v) is 12.1. The van der Waals surface area contributed by atoms with Gasteiger partial charge in [0.15, 0.2) is 0 Å². The van der Waals surface area contributed by atoms with Crippen LogP contribution in [0.2, 0.25) is 5.02 Å². The Morgan fingerprint density at radius 2 is 2.11 bits per heavy atom. The minimum atomic E-state index is 0.605. The van der Waals surface area contributed by atoms with Gasteiger partial charge in [-0.3, -0.25) is 0 Å². The van der Waals surface area contributed by atoms with Crippen LogP contribution in [0.15, 0.2) is 51.2 Å². The smallest absolute Gasteiger partial charge is 0.237 e. The molecule has 1 aromatic carbocycles. The lowest BCUT2D eigenvalue weighted by atomic mass is 10.4. The topological polar surface area (TPSA) is 38.9 Å². The van der Waals surface area contributed by atoms with E-state index in [1.54, 1.807) is 23.1 Å². The van der Waals surface area contributed by atoms with Crippen LogP contribution in [0.1, 0.15) is 5.89 Å². The van der Waals surface area contributed by atoms with Crippen molar-refractivity contribution in [3.63, 3.8) is 0 Å². The molecule has 0 saturated carbocycles. The van der Waals surface area contributed by atoms with E-state index in [-0.39, 0.29) is 0 Å². The fourth-order valence-corrected chi connectivity index (χ4v) is 3.25. The van der Waals surface area contributed by atoms with Crippen molar-refractivity contribution in [1.82, 2.24) is 10.1 Å². The summed E-state index contributed by atoms with van der Waals surface area (Å²) in [6.45, 7) is 0. The molecular weight excluding hydrogens is 300 g/mol. The molecule has 0 amide bonds. The summed E-state index contributed by atoms with van der Waals surface area (Å²) < 4.78 is 5.23. The van der Waals surface area contributed by atoms with Crippen molar-refractivity contribution in [2.24, 2.45) is 0 Å². The molecular formula is C13H9ClN2OS2. The number of nitrogens with zero attached hydrogens (tertiary/aromatic N) is 2. The molecule has 19 heavy (non-hydrogen) atoms. The lowest BCUT2D eigenvalue weighted by Gasteiger charge is -2.00. The maximum atomic E-state index is 6.09. The highest BCUT2D eigenvalue weighted by molar-refractivity contribution is 7.98. The third kappa shape index (κ3) is 3.00. The van der Waals surface area contributed by atoms with Crippen LogP contribution in [0.4, 0.5) is 0 Å². The van der Waals surface area contributed by atoms with Gasteiger partial charge in [-0.1, -0.05) is 35.0 Å². The summed E-state index contributed by atoms with van der Waals surface area (Å²) in [5.41, 5.74) is 0. The molecule has 0 aliphatic carbocycles. The molecule has 6 heteroatoms.